The molecule has 0 saturated heterocycles. The van der Waals surface area contributed by atoms with Crippen molar-refractivity contribution in [3.63, 3.8) is 0 Å². The largest absolute Gasteiger partial charge is 0.322 e. The van der Waals surface area contributed by atoms with Crippen molar-refractivity contribution in [1.29, 1.82) is 0 Å². The fourth-order valence-corrected chi connectivity index (χ4v) is 3.20. The average molecular weight is 363 g/mol. The van der Waals surface area contributed by atoms with Gasteiger partial charge in [0.25, 0.3) is 0 Å². The van der Waals surface area contributed by atoms with Gasteiger partial charge in [-0.05, 0) is 49.1 Å². The average Bonchev–Trinajstić information content (AvgIpc) is 2.64. The van der Waals surface area contributed by atoms with Crippen LogP contribution in [0.25, 0.3) is 10.9 Å². The zero-order valence-corrected chi connectivity index (χ0v) is 16.0. The molecule has 1 aromatic heterocycles. The van der Waals surface area contributed by atoms with Crippen LogP contribution in [0.1, 0.15) is 30.0 Å². The van der Waals surface area contributed by atoms with E-state index in [0.29, 0.717) is 13.1 Å². The van der Waals surface area contributed by atoms with E-state index in [1.165, 1.54) is 0 Å². The highest BCUT2D eigenvalue weighted by Gasteiger charge is 2.16. The van der Waals surface area contributed by atoms with Crippen LogP contribution in [0, 0.1) is 13.8 Å². The van der Waals surface area contributed by atoms with Crippen molar-refractivity contribution in [1.82, 2.24) is 9.88 Å². The molecule has 0 saturated carbocycles. The number of aromatic amines is 1. The van der Waals surface area contributed by atoms with Crippen molar-refractivity contribution in [2.24, 2.45) is 0 Å². The van der Waals surface area contributed by atoms with E-state index in [2.05, 4.69) is 10.3 Å². The highest BCUT2D eigenvalue weighted by atomic mass is 16.2. The number of aromatic nitrogens is 1. The molecule has 3 rings (SSSR count). The van der Waals surface area contributed by atoms with E-state index in [1.54, 1.807) is 11.0 Å². The fraction of sp³-hybridized carbons (Fsp3) is 0.273. The lowest BCUT2D eigenvalue weighted by Gasteiger charge is -2.24. The van der Waals surface area contributed by atoms with Crippen LogP contribution in [0.5, 0.6) is 0 Å². The van der Waals surface area contributed by atoms with Crippen LogP contribution in [0.15, 0.2) is 53.3 Å². The molecule has 27 heavy (non-hydrogen) atoms. The van der Waals surface area contributed by atoms with Gasteiger partial charge in [0.05, 0.1) is 0 Å². The summed E-state index contributed by atoms with van der Waals surface area (Å²) in [6.07, 6.45) is 0.835. The number of amides is 2. The summed E-state index contributed by atoms with van der Waals surface area (Å²) in [5.74, 6) is 0. The normalized spacial score (nSPS) is 10.8. The number of H-pyrrole nitrogens is 1. The number of hydrogen-bond donors (Lipinski definition) is 2. The number of fused-ring (bicyclic) bond motifs is 1. The maximum atomic E-state index is 12.9. The molecule has 0 bridgehead atoms. The van der Waals surface area contributed by atoms with Gasteiger partial charge in [0, 0.05) is 35.7 Å². The lowest BCUT2D eigenvalue weighted by Crippen LogP contribution is -2.35. The van der Waals surface area contributed by atoms with Gasteiger partial charge in [0.15, 0.2) is 0 Å². The Morgan fingerprint density at radius 3 is 2.67 bits per heavy atom. The minimum Gasteiger partial charge on any atom is -0.322 e. The van der Waals surface area contributed by atoms with Crippen LogP contribution in [0.3, 0.4) is 0 Å². The van der Waals surface area contributed by atoms with E-state index in [0.717, 1.165) is 39.7 Å². The highest BCUT2D eigenvalue weighted by molar-refractivity contribution is 5.90. The summed E-state index contributed by atoms with van der Waals surface area (Å²) in [5.41, 5.74) is 4.41. The number of hydrogen-bond acceptors (Lipinski definition) is 2. The monoisotopic (exact) mass is 363 g/mol. The van der Waals surface area contributed by atoms with Gasteiger partial charge in [0.2, 0.25) is 5.56 Å². The summed E-state index contributed by atoms with van der Waals surface area (Å²) in [5, 5.41) is 3.98. The van der Waals surface area contributed by atoms with E-state index in [9.17, 15) is 9.59 Å². The minimum atomic E-state index is -0.157. The third kappa shape index (κ3) is 4.37. The van der Waals surface area contributed by atoms with Crippen molar-refractivity contribution in [2.45, 2.75) is 33.7 Å². The summed E-state index contributed by atoms with van der Waals surface area (Å²) in [4.78, 5) is 29.5. The van der Waals surface area contributed by atoms with Crippen LogP contribution in [-0.2, 0) is 6.54 Å². The number of nitrogens with zero attached hydrogens (tertiary/aromatic N) is 1. The Labute approximate surface area is 159 Å². The molecule has 5 heteroatoms. The molecule has 0 aliphatic carbocycles. The number of carbonyl (C=O) groups is 1. The van der Waals surface area contributed by atoms with Crippen molar-refractivity contribution in [3.05, 3.63) is 75.6 Å². The third-order valence-corrected chi connectivity index (χ3v) is 4.61. The summed E-state index contributed by atoms with van der Waals surface area (Å²) in [6.45, 7) is 7.01. The molecule has 0 radical (unpaired) electrons. The van der Waals surface area contributed by atoms with Crippen molar-refractivity contribution >= 4 is 22.6 Å². The van der Waals surface area contributed by atoms with Crippen LogP contribution >= 0.6 is 0 Å². The molecule has 2 N–H and O–H groups in total. The number of aryl methyl sites for hydroxylation is 2. The first-order chi connectivity index (χ1) is 13.0. The number of nitrogens with one attached hydrogen (secondary N) is 2. The number of urea groups is 1. The molecule has 0 spiro atoms. The summed E-state index contributed by atoms with van der Waals surface area (Å²) >= 11 is 0. The van der Waals surface area contributed by atoms with Gasteiger partial charge in [-0.15, -0.1) is 0 Å². The smallest absolute Gasteiger partial charge is 0.322 e. The molecule has 2 amide bonds. The van der Waals surface area contributed by atoms with E-state index >= 15 is 0 Å². The van der Waals surface area contributed by atoms with Crippen molar-refractivity contribution < 1.29 is 4.79 Å². The van der Waals surface area contributed by atoms with Gasteiger partial charge in [0.1, 0.15) is 0 Å². The molecule has 5 nitrogen and oxygen atoms in total. The predicted molar refractivity (Wildman–Crippen MR) is 110 cm³/mol. The Bertz CT molecular complexity index is 1020. The maximum absolute atomic E-state index is 12.9. The first-order valence-corrected chi connectivity index (χ1v) is 9.22. The number of anilines is 1. The number of benzene rings is 2. The van der Waals surface area contributed by atoms with Crippen LogP contribution in [0.2, 0.25) is 0 Å². The Balaban J connectivity index is 1.89. The number of pyridine rings is 1. The van der Waals surface area contributed by atoms with E-state index in [1.807, 2.05) is 63.2 Å². The van der Waals surface area contributed by atoms with Crippen LogP contribution in [0.4, 0.5) is 10.5 Å². The standard InChI is InChI=1S/C22H25N3O2/c1-4-11-25(22(27)24-20-12-15(2)9-10-16(20)3)14-17-13-21(26)23-19-8-6-5-7-18(17)19/h5-10,12-13H,4,11,14H2,1-3H3,(H,23,26)(H,24,27). The molecule has 3 aromatic rings. The van der Waals surface area contributed by atoms with Crippen LogP contribution in [-0.4, -0.2) is 22.5 Å². The summed E-state index contributed by atoms with van der Waals surface area (Å²) in [6, 6.07) is 15.1. The first-order valence-electron chi connectivity index (χ1n) is 9.22. The number of carbonyl (C=O) groups excluding carboxylic acids is 1. The maximum Gasteiger partial charge on any atom is 0.322 e. The highest BCUT2D eigenvalue weighted by Crippen LogP contribution is 2.20. The number of rotatable bonds is 5. The van der Waals surface area contributed by atoms with E-state index < -0.39 is 0 Å². The van der Waals surface area contributed by atoms with E-state index in [-0.39, 0.29) is 11.6 Å². The van der Waals surface area contributed by atoms with Gasteiger partial charge in [-0.25, -0.2) is 4.79 Å². The lowest BCUT2D eigenvalue weighted by atomic mass is 10.1. The zero-order valence-electron chi connectivity index (χ0n) is 16.0. The van der Waals surface area contributed by atoms with Gasteiger partial charge >= 0.3 is 6.03 Å². The zero-order chi connectivity index (χ0) is 19.4. The molecule has 0 unspecified atom stereocenters. The topological polar surface area (TPSA) is 65.2 Å². The first kappa shape index (κ1) is 18.7. The van der Waals surface area contributed by atoms with Gasteiger partial charge in [-0.3, -0.25) is 4.79 Å². The van der Waals surface area contributed by atoms with Crippen molar-refractivity contribution in [2.75, 3.05) is 11.9 Å². The molecule has 0 fully saturated rings. The van der Waals surface area contributed by atoms with Crippen molar-refractivity contribution in [3.8, 4) is 0 Å². The SMILES string of the molecule is CCCN(Cc1cc(=O)[nH]c2ccccc12)C(=O)Nc1cc(C)ccc1C. The van der Waals surface area contributed by atoms with Crippen LogP contribution < -0.4 is 10.9 Å². The second-order valence-corrected chi connectivity index (χ2v) is 6.87. The number of para-hydroxylation sites is 1. The Morgan fingerprint density at radius 1 is 1.11 bits per heavy atom. The molecule has 1 heterocycles. The van der Waals surface area contributed by atoms with Gasteiger partial charge in [-0.2, -0.15) is 0 Å². The van der Waals surface area contributed by atoms with Gasteiger partial charge in [-0.1, -0.05) is 37.3 Å². The van der Waals surface area contributed by atoms with E-state index in [4.69, 9.17) is 0 Å². The molecule has 140 valence electrons. The Kier molecular flexibility index (Phi) is 5.60. The summed E-state index contributed by atoms with van der Waals surface area (Å²) < 4.78 is 0. The molecule has 0 aliphatic heterocycles. The second-order valence-electron chi connectivity index (χ2n) is 6.87. The second kappa shape index (κ2) is 8.08. The predicted octanol–water partition coefficient (Wildman–Crippen LogP) is 4.59. The molecule has 0 aliphatic rings. The minimum absolute atomic E-state index is 0.157. The molecule has 0 atom stereocenters. The Morgan fingerprint density at radius 2 is 1.89 bits per heavy atom. The Hall–Kier alpha value is -3.08. The van der Waals surface area contributed by atoms with Gasteiger partial charge < -0.3 is 15.2 Å². The molecular weight excluding hydrogens is 338 g/mol. The molecule has 2 aromatic carbocycles. The quantitative estimate of drug-likeness (QED) is 0.696. The lowest BCUT2D eigenvalue weighted by molar-refractivity contribution is 0.209. The fourth-order valence-electron chi connectivity index (χ4n) is 3.20. The summed E-state index contributed by atoms with van der Waals surface area (Å²) in [7, 11) is 0. The third-order valence-electron chi connectivity index (χ3n) is 4.61. The molecular formula is C22H25N3O2.